The number of hydrogen-bond acceptors (Lipinski definition) is 2. The van der Waals surface area contributed by atoms with Crippen LogP contribution < -0.4 is 5.73 Å². The van der Waals surface area contributed by atoms with Crippen LogP contribution in [0.15, 0.2) is 0 Å². The molecule has 1 unspecified atom stereocenters. The highest BCUT2D eigenvalue weighted by atomic mass is 19.3. The standard InChI is InChI=1S/C13H23F2NO/c1-10(2)4-3-5-12(17,7-6-10)11(16)8-13(14,15)9-11/h17H,3-9,16H2,1-2H3. The fraction of sp³-hybridized carbons (Fsp3) is 1.00. The van der Waals surface area contributed by atoms with Crippen LogP contribution in [0, 0.1) is 5.41 Å². The van der Waals surface area contributed by atoms with Crippen molar-refractivity contribution >= 4 is 0 Å². The molecule has 2 aliphatic carbocycles. The minimum absolute atomic E-state index is 0.188. The molecule has 4 heteroatoms. The van der Waals surface area contributed by atoms with E-state index in [1.165, 1.54) is 0 Å². The van der Waals surface area contributed by atoms with E-state index in [0.717, 1.165) is 19.3 Å². The summed E-state index contributed by atoms with van der Waals surface area (Å²) >= 11 is 0. The highest BCUT2D eigenvalue weighted by molar-refractivity contribution is 5.15. The van der Waals surface area contributed by atoms with Crippen LogP contribution in [0.2, 0.25) is 0 Å². The SMILES string of the molecule is CC1(C)CCCC(O)(C2(N)CC(F)(F)C2)CC1. The maximum Gasteiger partial charge on any atom is 0.251 e. The van der Waals surface area contributed by atoms with Gasteiger partial charge in [0, 0.05) is 12.8 Å². The van der Waals surface area contributed by atoms with E-state index in [1.807, 2.05) is 0 Å². The largest absolute Gasteiger partial charge is 0.388 e. The lowest BCUT2D eigenvalue weighted by Gasteiger charge is -2.54. The van der Waals surface area contributed by atoms with E-state index in [4.69, 9.17) is 5.73 Å². The van der Waals surface area contributed by atoms with E-state index in [1.54, 1.807) is 0 Å². The van der Waals surface area contributed by atoms with Gasteiger partial charge in [-0.25, -0.2) is 8.78 Å². The number of alkyl halides is 2. The normalized spacial score (nSPS) is 39.2. The number of hydrogen-bond donors (Lipinski definition) is 2. The van der Waals surface area contributed by atoms with Gasteiger partial charge in [-0.15, -0.1) is 0 Å². The van der Waals surface area contributed by atoms with E-state index in [-0.39, 0.29) is 18.3 Å². The fourth-order valence-electron chi connectivity index (χ4n) is 3.35. The number of rotatable bonds is 1. The van der Waals surface area contributed by atoms with Crippen LogP contribution in [-0.2, 0) is 0 Å². The Balaban J connectivity index is 2.09. The smallest absolute Gasteiger partial charge is 0.251 e. The summed E-state index contributed by atoms with van der Waals surface area (Å²) in [6, 6.07) is 0. The van der Waals surface area contributed by atoms with Gasteiger partial charge in [0.15, 0.2) is 0 Å². The Hall–Kier alpha value is -0.220. The first-order chi connectivity index (χ1) is 7.58. The molecule has 0 aromatic rings. The summed E-state index contributed by atoms with van der Waals surface area (Å²) in [5, 5.41) is 10.6. The summed E-state index contributed by atoms with van der Waals surface area (Å²) in [6.07, 6.45) is 3.13. The second-order valence-electron chi connectivity index (χ2n) is 6.91. The predicted octanol–water partition coefficient (Wildman–Crippen LogP) is 2.83. The average Bonchev–Trinajstić information content (AvgIpc) is 2.23. The molecule has 1 atom stereocenters. The van der Waals surface area contributed by atoms with Gasteiger partial charge in [0.05, 0.1) is 11.1 Å². The molecule has 0 amide bonds. The first-order valence-electron chi connectivity index (χ1n) is 6.47. The van der Waals surface area contributed by atoms with Crippen LogP contribution in [0.3, 0.4) is 0 Å². The van der Waals surface area contributed by atoms with Crippen LogP contribution in [0.1, 0.15) is 58.8 Å². The van der Waals surface area contributed by atoms with Gasteiger partial charge in [-0.3, -0.25) is 0 Å². The van der Waals surface area contributed by atoms with Gasteiger partial charge in [0.1, 0.15) is 0 Å². The summed E-state index contributed by atoms with van der Waals surface area (Å²) in [4.78, 5) is 0. The molecule has 3 N–H and O–H groups in total. The zero-order valence-electron chi connectivity index (χ0n) is 10.7. The van der Waals surface area contributed by atoms with E-state index >= 15 is 0 Å². The highest BCUT2D eigenvalue weighted by Gasteiger charge is 2.63. The van der Waals surface area contributed by atoms with Gasteiger partial charge in [-0.2, -0.15) is 0 Å². The lowest BCUT2D eigenvalue weighted by atomic mass is 9.61. The predicted molar refractivity (Wildman–Crippen MR) is 62.9 cm³/mol. The first-order valence-corrected chi connectivity index (χ1v) is 6.47. The molecule has 2 nitrogen and oxygen atoms in total. The summed E-state index contributed by atoms with van der Waals surface area (Å²) in [6.45, 7) is 4.33. The molecule has 2 aliphatic rings. The topological polar surface area (TPSA) is 46.2 Å². The molecule has 0 radical (unpaired) electrons. The third-order valence-electron chi connectivity index (χ3n) is 4.73. The summed E-state index contributed by atoms with van der Waals surface area (Å²) in [5.41, 5.74) is 4.04. The summed E-state index contributed by atoms with van der Waals surface area (Å²) < 4.78 is 26.0. The maximum atomic E-state index is 13.0. The van der Waals surface area contributed by atoms with Crippen LogP contribution in [0.25, 0.3) is 0 Å². The Kier molecular flexibility index (Phi) is 2.83. The van der Waals surface area contributed by atoms with Crippen LogP contribution in [-0.4, -0.2) is 22.2 Å². The second-order valence-corrected chi connectivity index (χ2v) is 6.91. The van der Waals surface area contributed by atoms with Gasteiger partial charge < -0.3 is 10.8 Å². The van der Waals surface area contributed by atoms with Gasteiger partial charge in [-0.05, 0) is 37.5 Å². The lowest BCUT2D eigenvalue weighted by Crippen LogP contribution is -2.71. The Bertz CT molecular complexity index is 309. The molecule has 100 valence electrons. The quantitative estimate of drug-likeness (QED) is 0.700. The van der Waals surface area contributed by atoms with Crippen molar-refractivity contribution in [2.45, 2.75) is 75.9 Å². The third kappa shape index (κ3) is 2.34. The molecule has 2 rings (SSSR count). The van der Waals surface area contributed by atoms with Crippen molar-refractivity contribution in [3.8, 4) is 0 Å². The van der Waals surface area contributed by atoms with Crippen LogP contribution >= 0.6 is 0 Å². The van der Waals surface area contributed by atoms with Crippen molar-refractivity contribution in [2.75, 3.05) is 0 Å². The molecule has 2 saturated carbocycles. The molecule has 0 heterocycles. The van der Waals surface area contributed by atoms with Crippen LogP contribution in [0.5, 0.6) is 0 Å². The molecular weight excluding hydrogens is 224 g/mol. The van der Waals surface area contributed by atoms with Gasteiger partial charge in [-0.1, -0.05) is 13.8 Å². The van der Waals surface area contributed by atoms with E-state index in [9.17, 15) is 13.9 Å². The van der Waals surface area contributed by atoms with Crippen molar-refractivity contribution < 1.29 is 13.9 Å². The molecule has 0 aromatic carbocycles. The Morgan fingerprint density at radius 3 is 2.12 bits per heavy atom. The molecule has 2 fully saturated rings. The van der Waals surface area contributed by atoms with Crippen molar-refractivity contribution in [3.05, 3.63) is 0 Å². The molecule has 0 spiro atoms. The minimum atomic E-state index is -2.67. The van der Waals surface area contributed by atoms with E-state index in [0.29, 0.717) is 12.8 Å². The van der Waals surface area contributed by atoms with Crippen molar-refractivity contribution in [2.24, 2.45) is 11.1 Å². The Morgan fingerprint density at radius 1 is 1.00 bits per heavy atom. The fourth-order valence-corrected chi connectivity index (χ4v) is 3.35. The first kappa shape index (κ1) is 13.2. The Labute approximate surface area is 102 Å². The monoisotopic (exact) mass is 247 g/mol. The number of aliphatic hydroxyl groups is 1. The maximum absolute atomic E-state index is 13.0. The van der Waals surface area contributed by atoms with Crippen molar-refractivity contribution in [3.63, 3.8) is 0 Å². The van der Waals surface area contributed by atoms with Gasteiger partial charge >= 0.3 is 0 Å². The summed E-state index contributed by atoms with van der Waals surface area (Å²) in [7, 11) is 0. The highest BCUT2D eigenvalue weighted by Crippen LogP contribution is 2.54. The van der Waals surface area contributed by atoms with Gasteiger partial charge in [0.2, 0.25) is 0 Å². The minimum Gasteiger partial charge on any atom is -0.388 e. The van der Waals surface area contributed by atoms with Crippen molar-refractivity contribution in [1.82, 2.24) is 0 Å². The average molecular weight is 247 g/mol. The van der Waals surface area contributed by atoms with Crippen molar-refractivity contribution in [1.29, 1.82) is 0 Å². The molecule has 0 aliphatic heterocycles. The molecule has 0 aromatic heterocycles. The number of nitrogens with two attached hydrogens (primary N) is 1. The summed E-state index contributed by atoms with van der Waals surface area (Å²) in [5.74, 6) is -2.67. The molecule has 0 bridgehead atoms. The Morgan fingerprint density at radius 2 is 1.59 bits per heavy atom. The molecule has 0 saturated heterocycles. The van der Waals surface area contributed by atoms with Gasteiger partial charge in [0.25, 0.3) is 5.92 Å². The molecule has 17 heavy (non-hydrogen) atoms. The van der Waals surface area contributed by atoms with E-state index in [2.05, 4.69) is 13.8 Å². The number of halogens is 2. The third-order valence-corrected chi connectivity index (χ3v) is 4.73. The second kappa shape index (κ2) is 3.64. The van der Waals surface area contributed by atoms with E-state index < -0.39 is 17.1 Å². The zero-order valence-corrected chi connectivity index (χ0v) is 10.7. The lowest BCUT2D eigenvalue weighted by molar-refractivity contribution is -0.194. The molecular formula is C13H23F2NO. The van der Waals surface area contributed by atoms with Crippen LogP contribution in [0.4, 0.5) is 8.78 Å². The zero-order chi connectivity index (χ0) is 12.9.